The Bertz CT molecular complexity index is 387. The summed E-state index contributed by atoms with van der Waals surface area (Å²) in [6, 6.07) is 2.85. The fourth-order valence-corrected chi connectivity index (χ4v) is 1.31. The topological polar surface area (TPSA) is 74.2 Å². The summed E-state index contributed by atoms with van der Waals surface area (Å²) in [5.74, 6) is -0.00915. The first kappa shape index (κ1) is 13.7. The second-order valence-electron chi connectivity index (χ2n) is 3.89. The van der Waals surface area contributed by atoms with Crippen LogP contribution in [-0.2, 0) is 0 Å². The first-order valence-corrected chi connectivity index (χ1v) is 5.71. The number of aromatic nitrogens is 1. The van der Waals surface area contributed by atoms with Crippen molar-refractivity contribution in [2.24, 2.45) is 5.92 Å². The van der Waals surface area contributed by atoms with E-state index in [1.54, 1.807) is 18.3 Å². The average Bonchev–Trinajstić information content (AvgIpc) is 2.31. The van der Waals surface area contributed by atoms with Crippen molar-refractivity contribution in [3.05, 3.63) is 23.5 Å². The number of rotatable bonds is 4. The summed E-state index contributed by atoms with van der Waals surface area (Å²) in [6.45, 7) is 3.70. The lowest BCUT2D eigenvalue weighted by atomic mass is 10.1. The van der Waals surface area contributed by atoms with Gasteiger partial charge in [-0.25, -0.2) is 9.78 Å². The van der Waals surface area contributed by atoms with E-state index in [0.717, 1.165) is 0 Å². The van der Waals surface area contributed by atoms with E-state index in [1.165, 1.54) is 0 Å². The van der Waals surface area contributed by atoms with E-state index < -0.39 is 0 Å². The Morgan fingerprint density at radius 1 is 1.59 bits per heavy atom. The van der Waals surface area contributed by atoms with E-state index in [4.69, 9.17) is 16.7 Å². The van der Waals surface area contributed by atoms with E-state index in [9.17, 15) is 4.79 Å². The predicted molar refractivity (Wildman–Crippen MR) is 67.1 cm³/mol. The Morgan fingerprint density at radius 2 is 2.29 bits per heavy atom. The standard InChI is InChI=1S/C11H16ClN3O2/c1-7(6-16)8(2)14-11(17)15-9-4-3-5-13-10(9)12/h3-5,7-8,16H,6H2,1-2H3,(H2,14,15,17). The van der Waals surface area contributed by atoms with Gasteiger partial charge >= 0.3 is 6.03 Å². The fourth-order valence-electron chi connectivity index (χ4n) is 1.14. The third-order valence-corrected chi connectivity index (χ3v) is 2.81. The molecule has 0 bridgehead atoms. The molecule has 3 N–H and O–H groups in total. The number of hydrogen-bond donors (Lipinski definition) is 3. The van der Waals surface area contributed by atoms with Gasteiger partial charge in [0.1, 0.15) is 0 Å². The second-order valence-corrected chi connectivity index (χ2v) is 4.25. The molecular formula is C11H16ClN3O2. The summed E-state index contributed by atoms with van der Waals surface area (Å²) >= 11 is 5.80. The number of amides is 2. The molecule has 0 saturated carbocycles. The molecule has 2 amide bonds. The van der Waals surface area contributed by atoms with Crippen molar-refractivity contribution >= 4 is 23.3 Å². The average molecular weight is 258 g/mol. The van der Waals surface area contributed by atoms with Crippen LogP contribution in [0.2, 0.25) is 5.15 Å². The molecule has 0 aliphatic heterocycles. The molecule has 0 aliphatic carbocycles. The zero-order valence-electron chi connectivity index (χ0n) is 9.77. The molecule has 2 unspecified atom stereocenters. The Hall–Kier alpha value is -1.33. The van der Waals surface area contributed by atoms with Gasteiger partial charge in [0.2, 0.25) is 0 Å². The number of urea groups is 1. The molecule has 1 heterocycles. The van der Waals surface area contributed by atoms with Crippen molar-refractivity contribution in [1.82, 2.24) is 10.3 Å². The van der Waals surface area contributed by atoms with Gasteiger partial charge in [0, 0.05) is 18.8 Å². The van der Waals surface area contributed by atoms with Crippen LogP contribution in [0.25, 0.3) is 0 Å². The maximum absolute atomic E-state index is 11.6. The van der Waals surface area contributed by atoms with Crippen LogP contribution in [-0.4, -0.2) is 28.8 Å². The smallest absolute Gasteiger partial charge is 0.319 e. The van der Waals surface area contributed by atoms with Gasteiger partial charge in [-0.2, -0.15) is 0 Å². The predicted octanol–water partition coefficient (Wildman–Crippen LogP) is 1.87. The SMILES string of the molecule is CC(CO)C(C)NC(=O)Nc1cccnc1Cl. The molecule has 1 rings (SSSR count). The van der Waals surface area contributed by atoms with Crippen molar-refractivity contribution in [3.8, 4) is 0 Å². The highest BCUT2D eigenvalue weighted by Crippen LogP contribution is 2.17. The highest BCUT2D eigenvalue weighted by atomic mass is 35.5. The lowest BCUT2D eigenvalue weighted by Gasteiger charge is -2.19. The molecule has 2 atom stereocenters. The third-order valence-electron chi connectivity index (χ3n) is 2.51. The van der Waals surface area contributed by atoms with Crippen LogP contribution in [0.1, 0.15) is 13.8 Å². The number of aliphatic hydroxyl groups is 1. The fraction of sp³-hybridized carbons (Fsp3) is 0.455. The quantitative estimate of drug-likeness (QED) is 0.721. The molecule has 0 spiro atoms. The Morgan fingerprint density at radius 3 is 2.88 bits per heavy atom. The highest BCUT2D eigenvalue weighted by Gasteiger charge is 2.14. The number of pyridine rings is 1. The second kappa shape index (κ2) is 6.42. The van der Waals surface area contributed by atoms with E-state index in [0.29, 0.717) is 5.69 Å². The molecule has 17 heavy (non-hydrogen) atoms. The number of aliphatic hydroxyl groups excluding tert-OH is 1. The summed E-state index contributed by atoms with van der Waals surface area (Å²) in [6.07, 6.45) is 1.54. The van der Waals surface area contributed by atoms with Gasteiger partial charge in [-0.05, 0) is 25.0 Å². The highest BCUT2D eigenvalue weighted by molar-refractivity contribution is 6.32. The van der Waals surface area contributed by atoms with Crippen LogP contribution in [0, 0.1) is 5.92 Å². The Kier molecular flexibility index (Phi) is 5.18. The molecule has 0 fully saturated rings. The van der Waals surface area contributed by atoms with Crippen LogP contribution in [0.4, 0.5) is 10.5 Å². The Balaban J connectivity index is 2.53. The number of carbonyl (C=O) groups excluding carboxylic acids is 1. The van der Waals surface area contributed by atoms with Gasteiger partial charge in [-0.3, -0.25) is 0 Å². The van der Waals surface area contributed by atoms with Gasteiger partial charge in [0.05, 0.1) is 5.69 Å². The minimum Gasteiger partial charge on any atom is -0.396 e. The molecule has 94 valence electrons. The zero-order valence-corrected chi connectivity index (χ0v) is 10.5. The van der Waals surface area contributed by atoms with Gasteiger partial charge in [-0.15, -0.1) is 0 Å². The van der Waals surface area contributed by atoms with Gasteiger partial charge in [-0.1, -0.05) is 18.5 Å². The number of nitrogens with zero attached hydrogens (tertiary/aromatic N) is 1. The van der Waals surface area contributed by atoms with Crippen molar-refractivity contribution in [1.29, 1.82) is 0 Å². The van der Waals surface area contributed by atoms with E-state index >= 15 is 0 Å². The Labute approximate surface area is 105 Å². The van der Waals surface area contributed by atoms with Crippen molar-refractivity contribution < 1.29 is 9.90 Å². The van der Waals surface area contributed by atoms with Gasteiger partial charge in [0.15, 0.2) is 5.15 Å². The van der Waals surface area contributed by atoms with Gasteiger partial charge in [0.25, 0.3) is 0 Å². The molecule has 1 aromatic heterocycles. The maximum Gasteiger partial charge on any atom is 0.319 e. The lowest BCUT2D eigenvalue weighted by Crippen LogP contribution is -2.40. The summed E-state index contributed by atoms with van der Waals surface area (Å²) in [7, 11) is 0. The number of hydrogen-bond acceptors (Lipinski definition) is 3. The third kappa shape index (κ3) is 4.20. The summed E-state index contributed by atoms with van der Waals surface area (Å²) in [4.78, 5) is 15.5. The summed E-state index contributed by atoms with van der Waals surface area (Å²) < 4.78 is 0. The van der Waals surface area contributed by atoms with E-state index in [1.807, 2.05) is 13.8 Å². The maximum atomic E-state index is 11.6. The summed E-state index contributed by atoms with van der Waals surface area (Å²) in [5.41, 5.74) is 0.454. The minimum absolute atomic E-state index is 0.00915. The molecule has 6 heteroatoms. The lowest BCUT2D eigenvalue weighted by molar-refractivity contribution is 0.204. The number of anilines is 1. The molecule has 0 aliphatic rings. The molecule has 5 nitrogen and oxygen atoms in total. The van der Waals surface area contributed by atoms with Crippen molar-refractivity contribution in [3.63, 3.8) is 0 Å². The first-order valence-electron chi connectivity index (χ1n) is 5.33. The number of carbonyl (C=O) groups is 1. The van der Waals surface area contributed by atoms with E-state index in [2.05, 4.69) is 15.6 Å². The number of halogens is 1. The van der Waals surface area contributed by atoms with Crippen LogP contribution in [0.3, 0.4) is 0 Å². The van der Waals surface area contributed by atoms with Crippen molar-refractivity contribution in [2.75, 3.05) is 11.9 Å². The monoisotopic (exact) mass is 257 g/mol. The molecule has 0 saturated heterocycles. The van der Waals surface area contributed by atoms with Crippen LogP contribution < -0.4 is 10.6 Å². The van der Waals surface area contributed by atoms with Crippen LogP contribution >= 0.6 is 11.6 Å². The normalized spacial score (nSPS) is 13.9. The van der Waals surface area contributed by atoms with Crippen LogP contribution in [0.5, 0.6) is 0 Å². The molecule has 1 aromatic rings. The molecule has 0 aromatic carbocycles. The first-order chi connectivity index (χ1) is 8.04. The number of nitrogens with one attached hydrogen (secondary N) is 2. The largest absolute Gasteiger partial charge is 0.396 e. The van der Waals surface area contributed by atoms with Crippen LogP contribution in [0.15, 0.2) is 18.3 Å². The minimum atomic E-state index is -0.368. The molecular weight excluding hydrogens is 242 g/mol. The molecule has 0 radical (unpaired) electrons. The van der Waals surface area contributed by atoms with Crippen molar-refractivity contribution in [2.45, 2.75) is 19.9 Å². The van der Waals surface area contributed by atoms with E-state index in [-0.39, 0.29) is 29.8 Å². The van der Waals surface area contributed by atoms with Gasteiger partial charge < -0.3 is 15.7 Å². The zero-order chi connectivity index (χ0) is 12.8. The summed E-state index contributed by atoms with van der Waals surface area (Å²) in [5, 5.41) is 14.5.